The van der Waals surface area contributed by atoms with Gasteiger partial charge in [0.05, 0.1) is 0 Å². The summed E-state index contributed by atoms with van der Waals surface area (Å²) in [6, 6.07) is 10.2. The Morgan fingerprint density at radius 3 is 2.79 bits per heavy atom. The first-order chi connectivity index (χ1) is 14.2. The number of hydrogen-bond acceptors (Lipinski definition) is 5. The molecule has 4 rings (SSSR count). The molecule has 0 saturated carbocycles. The van der Waals surface area contributed by atoms with Crippen LogP contribution in [0.5, 0.6) is 0 Å². The molecule has 4 nitrogen and oxygen atoms in total. The molecule has 152 valence electrons. The Labute approximate surface area is 185 Å². The van der Waals surface area contributed by atoms with E-state index in [4.69, 9.17) is 11.6 Å². The Balaban J connectivity index is 1.40. The van der Waals surface area contributed by atoms with Gasteiger partial charge in [-0.1, -0.05) is 41.6 Å². The molecule has 0 amide bonds. The molecule has 1 saturated heterocycles. The lowest BCUT2D eigenvalue weighted by atomic mass is 9.95. The fraction of sp³-hybridized carbons (Fsp3) is 0.364. The Bertz CT molecular complexity index is 930. The molecule has 29 heavy (non-hydrogen) atoms. The maximum atomic E-state index is 6.11. The monoisotopic (exact) mass is 444 g/mol. The number of allylic oxidation sites excluding steroid dienone is 1. The van der Waals surface area contributed by atoms with Gasteiger partial charge in [0.15, 0.2) is 5.16 Å². The molecule has 0 N–H and O–H groups in total. The summed E-state index contributed by atoms with van der Waals surface area (Å²) in [6.07, 6.45) is 4.18. The van der Waals surface area contributed by atoms with Crippen molar-refractivity contribution in [3.05, 3.63) is 75.7 Å². The minimum atomic E-state index is 0.460. The Hall–Kier alpha value is -1.60. The van der Waals surface area contributed by atoms with Gasteiger partial charge in [-0.15, -0.1) is 16.8 Å². The van der Waals surface area contributed by atoms with Crippen LogP contribution in [0, 0.1) is 0 Å². The van der Waals surface area contributed by atoms with Crippen LogP contribution >= 0.6 is 34.7 Å². The summed E-state index contributed by atoms with van der Waals surface area (Å²) in [6.45, 7) is 7.94. The molecule has 1 aliphatic rings. The van der Waals surface area contributed by atoms with Crippen molar-refractivity contribution in [1.29, 1.82) is 0 Å². The molecular weight excluding hydrogens is 420 g/mol. The summed E-state index contributed by atoms with van der Waals surface area (Å²) in [4.78, 5) is 2.54. The lowest BCUT2D eigenvalue weighted by Crippen LogP contribution is -2.33. The lowest BCUT2D eigenvalue weighted by Gasteiger charge is -2.31. The van der Waals surface area contributed by atoms with Gasteiger partial charge in [0.25, 0.3) is 0 Å². The number of thiophene rings is 1. The third-order valence-electron chi connectivity index (χ3n) is 5.25. The summed E-state index contributed by atoms with van der Waals surface area (Å²) in [5.74, 6) is 2.39. The highest BCUT2D eigenvalue weighted by Crippen LogP contribution is 2.31. The first kappa shape index (κ1) is 20.7. The lowest BCUT2D eigenvalue weighted by molar-refractivity contribution is 0.200. The van der Waals surface area contributed by atoms with Gasteiger partial charge in [-0.05, 0) is 66.0 Å². The highest BCUT2D eigenvalue weighted by Gasteiger charge is 2.26. The number of nitrogens with zero attached hydrogens (tertiary/aromatic N) is 4. The summed E-state index contributed by atoms with van der Waals surface area (Å²) < 4.78 is 2.24. The van der Waals surface area contributed by atoms with Crippen molar-refractivity contribution in [2.24, 2.45) is 0 Å². The number of halogens is 1. The van der Waals surface area contributed by atoms with E-state index in [1.165, 1.54) is 11.1 Å². The van der Waals surface area contributed by atoms with Crippen molar-refractivity contribution < 1.29 is 0 Å². The van der Waals surface area contributed by atoms with Crippen LogP contribution in [-0.2, 0) is 18.8 Å². The van der Waals surface area contributed by atoms with Crippen molar-refractivity contribution in [2.45, 2.75) is 42.8 Å². The van der Waals surface area contributed by atoms with E-state index in [9.17, 15) is 0 Å². The number of thioether (sulfide) groups is 1. The molecule has 0 unspecified atom stereocenters. The molecule has 0 spiro atoms. The molecule has 1 aromatic carbocycles. The Morgan fingerprint density at radius 1 is 1.21 bits per heavy atom. The third kappa shape index (κ3) is 5.31. The van der Waals surface area contributed by atoms with Crippen LogP contribution < -0.4 is 0 Å². The SMILES string of the molecule is C=CCn1c(SCc2cccc(Cl)c2)nnc1C1CCN(Cc2ccsc2)CC1. The largest absolute Gasteiger partial charge is 0.302 e. The predicted molar refractivity (Wildman–Crippen MR) is 123 cm³/mol. The van der Waals surface area contributed by atoms with E-state index < -0.39 is 0 Å². The summed E-state index contributed by atoms with van der Waals surface area (Å²) in [5, 5.41) is 15.2. The minimum Gasteiger partial charge on any atom is -0.302 e. The number of rotatable bonds is 8. The van der Waals surface area contributed by atoms with Crippen molar-refractivity contribution in [2.75, 3.05) is 13.1 Å². The van der Waals surface area contributed by atoms with Gasteiger partial charge in [0, 0.05) is 29.8 Å². The van der Waals surface area contributed by atoms with Gasteiger partial charge < -0.3 is 4.57 Å². The van der Waals surface area contributed by atoms with Crippen molar-refractivity contribution >= 4 is 34.7 Å². The van der Waals surface area contributed by atoms with Gasteiger partial charge in [0.1, 0.15) is 5.82 Å². The van der Waals surface area contributed by atoms with E-state index in [2.05, 4.69) is 49.1 Å². The fourth-order valence-corrected chi connectivity index (χ4v) is 5.54. The number of hydrogen-bond donors (Lipinski definition) is 0. The van der Waals surface area contributed by atoms with E-state index >= 15 is 0 Å². The molecule has 0 atom stereocenters. The van der Waals surface area contributed by atoms with E-state index in [0.717, 1.165) is 60.8 Å². The Morgan fingerprint density at radius 2 is 2.07 bits per heavy atom. The standard InChI is InChI=1S/C22H25ClN4S2/c1-2-9-27-21(19-6-10-26(11-7-19)14-18-8-12-28-15-18)24-25-22(27)29-16-17-4-3-5-20(23)13-17/h2-5,8,12-13,15,19H,1,6-7,9-11,14,16H2. The van der Waals surface area contributed by atoms with Crippen LogP contribution in [-0.4, -0.2) is 32.8 Å². The van der Waals surface area contributed by atoms with Gasteiger partial charge in [0.2, 0.25) is 0 Å². The zero-order chi connectivity index (χ0) is 20.1. The number of benzene rings is 1. The second-order valence-electron chi connectivity index (χ2n) is 7.34. The molecule has 1 aliphatic heterocycles. The third-order valence-corrected chi connectivity index (χ3v) is 7.26. The zero-order valence-electron chi connectivity index (χ0n) is 16.3. The van der Waals surface area contributed by atoms with Crippen LogP contribution in [0.15, 0.2) is 58.9 Å². The summed E-state index contributed by atoms with van der Waals surface area (Å²) in [5.41, 5.74) is 2.61. The van der Waals surface area contributed by atoms with Gasteiger partial charge in [-0.2, -0.15) is 11.3 Å². The molecule has 1 fully saturated rings. The van der Waals surface area contributed by atoms with Gasteiger partial charge >= 0.3 is 0 Å². The Kier molecular flexibility index (Phi) is 7.08. The van der Waals surface area contributed by atoms with Crippen molar-refractivity contribution in [1.82, 2.24) is 19.7 Å². The molecule has 2 aromatic heterocycles. The normalized spacial score (nSPS) is 15.6. The summed E-state index contributed by atoms with van der Waals surface area (Å²) >= 11 is 9.59. The van der Waals surface area contributed by atoms with Crippen LogP contribution in [0.25, 0.3) is 0 Å². The molecule has 3 heterocycles. The quantitative estimate of drug-likeness (QED) is 0.322. The highest BCUT2D eigenvalue weighted by molar-refractivity contribution is 7.98. The number of piperidine rings is 1. The van der Waals surface area contributed by atoms with E-state index in [1.807, 2.05) is 24.3 Å². The number of aromatic nitrogens is 3. The van der Waals surface area contributed by atoms with Crippen LogP contribution in [0.4, 0.5) is 0 Å². The van der Waals surface area contributed by atoms with Gasteiger partial charge in [-0.3, -0.25) is 4.90 Å². The fourth-order valence-electron chi connectivity index (χ4n) is 3.77. The maximum absolute atomic E-state index is 6.11. The molecule has 0 radical (unpaired) electrons. The highest BCUT2D eigenvalue weighted by atomic mass is 35.5. The van der Waals surface area contributed by atoms with Gasteiger partial charge in [-0.25, -0.2) is 0 Å². The molecular formula is C22H25ClN4S2. The van der Waals surface area contributed by atoms with Crippen LogP contribution in [0.2, 0.25) is 5.02 Å². The van der Waals surface area contributed by atoms with E-state index in [-0.39, 0.29) is 0 Å². The van der Waals surface area contributed by atoms with E-state index in [0.29, 0.717) is 5.92 Å². The minimum absolute atomic E-state index is 0.460. The van der Waals surface area contributed by atoms with Crippen LogP contribution in [0.1, 0.15) is 35.7 Å². The summed E-state index contributed by atoms with van der Waals surface area (Å²) in [7, 11) is 0. The molecule has 7 heteroatoms. The topological polar surface area (TPSA) is 34.0 Å². The molecule has 0 aliphatic carbocycles. The number of likely N-dealkylation sites (tertiary alicyclic amines) is 1. The average Bonchev–Trinajstić information content (AvgIpc) is 3.38. The zero-order valence-corrected chi connectivity index (χ0v) is 18.7. The first-order valence-electron chi connectivity index (χ1n) is 9.87. The van der Waals surface area contributed by atoms with Crippen LogP contribution in [0.3, 0.4) is 0 Å². The second kappa shape index (κ2) is 9.94. The maximum Gasteiger partial charge on any atom is 0.191 e. The molecule has 0 bridgehead atoms. The van der Waals surface area contributed by atoms with E-state index in [1.54, 1.807) is 23.1 Å². The molecule has 3 aromatic rings. The average molecular weight is 445 g/mol. The smallest absolute Gasteiger partial charge is 0.191 e. The second-order valence-corrected chi connectivity index (χ2v) is 9.50. The first-order valence-corrected chi connectivity index (χ1v) is 12.2. The van der Waals surface area contributed by atoms with Crippen molar-refractivity contribution in [3.63, 3.8) is 0 Å². The predicted octanol–water partition coefficient (Wildman–Crippen LogP) is 5.85. The van der Waals surface area contributed by atoms with Crippen molar-refractivity contribution in [3.8, 4) is 0 Å².